The van der Waals surface area contributed by atoms with E-state index >= 15 is 0 Å². The molecular weight excluding hydrogens is 306 g/mol. The average Bonchev–Trinajstić information content (AvgIpc) is 3.01. The molecule has 1 N–H and O–H groups in total. The van der Waals surface area contributed by atoms with Crippen molar-refractivity contribution in [3.63, 3.8) is 0 Å². The van der Waals surface area contributed by atoms with E-state index in [-0.39, 0.29) is 18.0 Å². The van der Waals surface area contributed by atoms with Gasteiger partial charge in [0.25, 0.3) is 0 Å². The summed E-state index contributed by atoms with van der Waals surface area (Å²) in [6, 6.07) is 4.73. The Balaban J connectivity index is 2.04. The van der Waals surface area contributed by atoms with Crippen molar-refractivity contribution < 1.29 is 4.79 Å². The van der Waals surface area contributed by atoms with E-state index in [9.17, 15) is 4.79 Å². The van der Waals surface area contributed by atoms with Gasteiger partial charge in [0, 0.05) is 43.5 Å². The minimum absolute atomic E-state index is 0.132. The van der Waals surface area contributed by atoms with Crippen molar-refractivity contribution >= 4 is 17.2 Å². The zero-order valence-electron chi connectivity index (χ0n) is 14.9. The SMILES string of the molecule is CCN1CCN([C@@H](c2cccs2)[C@@H](C)NC(=O)CC(C)C)CC1. The van der Waals surface area contributed by atoms with Crippen LogP contribution in [0.3, 0.4) is 0 Å². The van der Waals surface area contributed by atoms with Crippen LogP contribution in [-0.2, 0) is 4.79 Å². The van der Waals surface area contributed by atoms with Gasteiger partial charge in [0.1, 0.15) is 0 Å². The molecule has 1 saturated heterocycles. The predicted octanol–water partition coefficient (Wildman–Crippen LogP) is 2.98. The molecule has 0 saturated carbocycles. The molecule has 1 aromatic rings. The quantitative estimate of drug-likeness (QED) is 0.831. The van der Waals surface area contributed by atoms with E-state index in [1.54, 1.807) is 11.3 Å². The van der Waals surface area contributed by atoms with Crippen LogP contribution in [0, 0.1) is 5.92 Å². The van der Waals surface area contributed by atoms with Crippen LogP contribution in [0.15, 0.2) is 17.5 Å². The third kappa shape index (κ3) is 5.30. The summed E-state index contributed by atoms with van der Waals surface area (Å²) in [7, 11) is 0. The molecule has 2 rings (SSSR count). The van der Waals surface area contributed by atoms with Crippen molar-refractivity contribution in [1.82, 2.24) is 15.1 Å². The molecule has 23 heavy (non-hydrogen) atoms. The molecule has 0 aromatic carbocycles. The molecule has 1 aliphatic heterocycles. The summed E-state index contributed by atoms with van der Waals surface area (Å²) in [5.41, 5.74) is 0. The summed E-state index contributed by atoms with van der Waals surface area (Å²) < 4.78 is 0. The van der Waals surface area contributed by atoms with E-state index < -0.39 is 0 Å². The van der Waals surface area contributed by atoms with Crippen LogP contribution in [-0.4, -0.2) is 54.5 Å². The smallest absolute Gasteiger partial charge is 0.220 e. The van der Waals surface area contributed by atoms with Crippen LogP contribution in [0.1, 0.15) is 45.0 Å². The van der Waals surface area contributed by atoms with E-state index in [1.165, 1.54) is 4.88 Å². The van der Waals surface area contributed by atoms with Crippen LogP contribution in [0.4, 0.5) is 0 Å². The minimum atomic E-state index is 0.132. The Morgan fingerprint density at radius 3 is 2.48 bits per heavy atom. The van der Waals surface area contributed by atoms with Crippen LogP contribution < -0.4 is 5.32 Å². The first-order valence-corrected chi connectivity index (χ1v) is 9.68. The molecule has 2 heterocycles. The number of nitrogens with one attached hydrogen (secondary N) is 1. The van der Waals surface area contributed by atoms with Crippen LogP contribution in [0.25, 0.3) is 0 Å². The van der Waals surface area contributed by atoms with E-state index in [0.29, 0.717) is 12.3 Å². The van der Waals surface area contributed by atoms with Gasteiger partial charge in [-0.3, -0.25) is 9.69 Å². The number of hydrogen-bond donors (Lipinski definition) is 1. The fourth-order valence-electron chi connectivity index (χ4n) is 3.32. The molecule has 2 atom stereocenters. The third-order valence-electron chi connectivity index (χ3n) is 4.54. The lowest BCUT2D eigenvalue weighted by molar-refractivity contribution is -0.122. The number of piperazine rings is 1. The minimum Gasteiger partial charge on any atom is -0.352 e. The summed E-state index contributed by atoms with van der Waals surface area (Å²) in [5, 5.41) is 5.37. The molecule has 0 unspecified atom stereocenters. The summed E-state index contributed by atoms with van der Waals surface area (Å²) in [6.45, 7) is 14.0. The topological polar surface area (TPSA) is 35.6 Å². The van der Waals surface area contributed by atoms with Gasteiger partial charge in [-0.05, 0) is 30.8 Å². The van der Waals surface area contributed by atoms with Crippen LogP contribution in [0.5, 0.6) is 0 Å². The van der Waals surface area contributed by atoms with Crippen LogP contribution >= 0.6 is 11.3 Å². The lowest BCUT2D eigenvalue weighted by Crippen LogP contribution is -2.52. The molecule has 0 bridgehead atoms. The maximum atomic E-state index is 12.2. The number of nitrogens with zero attached hydrogens (tertiary/aromatic N) is 2. The molecule has 0 spiro atoms. The molecule has 1 fully saturated rings. The Morgan fingerprint density at radius 2 is 1.96 bits per heavy atom. The van der Waals surface area contributed by atoms with Gasteiger partial charge in [0.15, 0.2) is 0 Å². The van der Waals surface area contributed by atoms with Crippen molar-refractivity contribution in [2.24, 2.45) is 5.92 Å². The first-order chi connectivity index (χ1) is 11.0. The molecule has 0 radical (unpaired) electrons. The normalized spacial score (nSPS) is 19.7. The Kier molecular flexibility index (Phi) is 7.06. The maximum Gasteiger partial charge on any atom is 0.220 e. The number of rotatable bonds is 7. The molecule has 1 aliphatic rings. The highest BCUT2D eigenvalue weighted by molar-refractivity contribution is 7.10. The van der Waals surface area contributed by atoms with Crippen molar-refractivity contribution in [3.8, 4) is 0 Å². The predicted molar refractivity (Wildman–Crippen MR) is 97.8 cm³/mol. The highest BCUT2D eigenvalue weighted by Gasteiger charge is 2.30. The fraction of sp³-hybridized carbons (Fsp3) is 0.722. The van der Waals surface area contributed by atoms with E-state index in [1.807, 2.05) is 0 Å². The second-order valence-corrected chi connectivity index (χ2v) is 7.86. The highest BCUT2D eigenvalue weighted by Crippen LogP contribution is 2.29. The number of carbonyl (C=O) groups excluding carboxylic acids is 1. The lowest BCUT2D eigenvalue weighted by atomic mass is 10.0. The summed E-state index contributed by atoms with van der Waals surface area (Å²) in [4.78, 5) is 18.6. The molecule has 130 valence electrons. The second-order valence-electron chi connectivity index (χ2n) is 6.88. The third-order valence-corrected chi connectivity index (χ3v) is 5.48. The second kappa shape index (κ2) is 8.81. The lowest BCUT2D eigenvalue weighted by Gasteiger charge is -2.41. The molecule has 0 aliphatic carbocycles. The molecular formula is C18H31N3OS. The van der Waals surface area contributed by atoms with Gasteiger partial charge in [0.05, 0.1) is 6.04 Å². The van der Waals surface area contributed by atoms with Gasteiger partial charge in [-0.1, -0.05) is 26.8 Å². The van der Waals surface area contributed by atoms with Crippen LogP contribution in [0.2, 0.25) is 0 Å². The average molecular weight is 338 g/mol. The number of thiophene rings is 1. The largest absolute Gasteiger partial charge is 0.352 e. The Morgan fingerprint density at radius 1 is 1.26 bits per heavy atom. The number of amides is 1. The van der Waals surface area contributed by atoms with Gasteiger partial charge >= 0.3 is 0 Å². The standard InChI is InChI=1S/C18H31N3OS/c1-5-20-8-10-21(11-9-20)18(16-7-6-12-23-16)15(4)19-17(22)13-14(2)3/h6-7,12,14-15,18H,5,8-11,13H2,1-4H3,(H,19,22)/t15-,18-/m1/s1. The van der Waals surface area contributed by atoms with Crippen molar-refractivity contribution in [1.29, 1.82) is 0 Å². The molecule has 1 aromatic heterocycles. The van der Waals surface area contributed by atoms with Crippen molar-refractivity contribution in [3.05, 3.63) is 22.4 Å². The van der Waals surface area contributed by atoms with Gasteiger partial charge in [-0.15, -0.1) is 11.3 Å². The van der Waals surface area contributed by atoms with E-state index in [0.717, 1.165) is 32.7 Å². The van der Waals surface area contributed by atoms with Gasteiger partial charge in [0.2, 0.25) is 5.91 Å². The molecule has 4 nitrogen and oxygen atoms in total. The number of carbonyl (C=O) groups is 1. The maximum absolute atomic E-state index is 12.2. The van der Waals surface area contributed by atoms with Gasteiger partial charge in [-0.2, -0.15) is 0 Å². The number of likely N-dealkylation sites (N-methyl/N-ethyl adjacent to an activating group) is 1. The summed E-state index contributed by atoms with van der Waals surface area (Å²) >= 11 is 1.79. The molecule has 1 amide bonds. The van der Waals surface area contributed by atoms with Crippen molar-refractivity contribution in [2.45, 2.75) is 46.2 Å². The zero-order valence-corrected chi connectivity index (χ0v) is 15.7. The van der Waals surface area contributed by atoms with E-state index in [2.05, 4.69) is 60.3 Å². The Labute approximate surface area is 144 Å². The summed E-state index contributed by atoms with van der Waals surface area (Å²) in [5.74, 6) is 0.566. The van der Waals surface area contributed by atoms with Crippen molar-refractivity contribution in [2.75, 3.05) is 32.7 Å². The first-order valence-electron chi connectivity index (χ1n) is 8.80. The highest BCUT2D eigenvalue weighted by atomic mass is 32.1. The fourth-order valence-corrected chi connectivity index (χ4v) is 4.29. The molecule has 5 heteroatoms. The van der Waals surface area contributed by atoms with E-state index in [4.69, 9.17) is 0 Å². The number of hydrogen-bond acceptors (Lipinski definition) is 4. The van der Waals surface area contributed by atoms with Gasteiger partial charge < -0.3 is 10.2 Å². The van der Waals surface area contributed by atoms with Gasteiger partial charge in [-0.25, -0.2) is 0 Å². The first kappa shape index (κ1) is 18.4. The Hall–Kier alpha value is -0.910. The zero-order chi connectivity index (χ0) is 16.8. The summed E-state index contributed by atoms with van der Waals surface area (Å²) in [6.07, 6.45) is 0.602. The monoisotopic (exact) mass is 337 g/mol. The Bertz CT molecular complexity index is 467.